The molecule has 10 heteroatoms. The van der Waals surface area contributed by atoms with Crippen LogP contribution in [0.5, 0.6) is 0 Å². The molecule has 3 aliphatic rings. The van der Waals surface area contributed by atoms with Crippen molar-refractivity contribution in [1.29, 1.82) is 0 Å². The van der Waals surface area contributed by atoms with Crippen LogP contribution in [-0.2, 0) is 47.7 Å². The van der Waals surface area contributed by atoms with E-state index in [0.29, 0.717) is 6.42 Å². The molecule has 0 spiro atoms. The summed E-state index contributed by atoms with van der Waals surface area (Å²) >= 11 is 0. The largest absolute Gasteiger partial charge is 0.465 e. The number of Topliss-reactive ketones (excluding diaryl/α,β-unsaturated/α-hetero) is 1. The summed E-state index contributed by atoms with van der Waals surface area (Å²) in [7, 11) is 0. The third kappa shape index (κ3) is 4.73. The molecule has 31 heavy (non-hydrogen) atoms. The van der Waals surface area contributed by atoms with Gasteiger partial charge in [0.05, 0.1) is 11.5 Å². The molecule has 7 atom stereocenters. The summed E-state index contributed by atoms with van der Waals surface area (Å²) < 4.78 is 27.4. The molecule has 10 nitrogen and oxygen atoms in total. The van der Waals surface area contributed by atoms with Crippen molar-refractivity contribution in [3.05, 3.63) is 0 Å². The fraction of sp³-hybridized carbons (Fsp3) is 0.762. The zero-order chi connectivity index (χ0) is 23.1. The smallest absolute Gasteiger partial charge is 0.313 e. The van der Waals surface area contributed by atoms with E-state index in [1.165, 1.54) is 27.7 Å². The normalized spacial score (nSPS) is 39.5. The molecule has 0 aromatic heterocycles. The van der Waals surface area contributed by atoms with Gasteiger partial charge in [-0.25, -0.2) is 0 Å². The van der Waals surface area contributed by atoms with Crippen LogP contribution in [-0.4, -0.2) is 65.8 Å². The van der Waals surface area contributed by atoms with Crippen molar-refractivity contribution in [3.8, 4) is 0 Å². The molecule has 2 saturated heterocycles. The van der Waals surface area contributed by atoms with Gasteiger partial charge in [0, 0.05) is 33.6 Å². The predicted octanol–water partition coefficient (Wildman–Crippen LogP) is 0.871. The molecule has 0 N–H and O–H groups in total. The maximum atomic E-state index is 13.0. The second-order valence-corrected chi connectivity index (χ2v) is 8.84. The highest BCUT2D eigenvalue weighted by atomic mass is 16.7. The van der Waals surface area contributed by atoms with Crippen molar-refractivity contribution in [2.75, 3.05) is 6.61 Å². The summed E-state index contributed by atoms with van der Waals surface area (Å²) in [5, 5.41) is 0. The number of hydrogen-bond donors (Lipinski definition) is 0. The third-order valence-electron chi connectivity index (χ3n) is 6.25. The number of fused-ring (bicyclic) bond motifs is 3. The molecule has 1 aliphatic carbocycles. The van der Waals surface area contributed by atoms with Gasteiger partial charge in [-0.1, -0.05) is 0 Å². The monoisotopic (exact) mass is 440 g/mol. The van der Waals surface area contributed by atoms with E-state index in [2.05, 4.69) is 0 Å². The number of ketones is 1. The summed E-state index contributed by atoms with van der Waals surface area (Å²) in [5.41, 5.74) is -2.30. The van der Waals surface area contributed by atoms with Crippen molar-refractivity contribution in [2.24, 2.45) is 11.8 Å². The average Bonchev–Trinajstić information content (AvgIpc) is 3.19. The van der Waals surface area contributed by atoms with E-state index in [1.807, 2.05) is 0 Å². The minimum atomic E-state index is -1.58. The van der Waals surface area contributed by atoms with Crippen LogP contribution in [0.15, 0.2) is 0 Å². The second-order valence-electron chi connectivity index (χ2n) is 8.84. The lowest BCUT2D eigenvalue weighted by Gasteiger charge is -2.36. The van der Waals surface area contributed by atoms with Gasteiger partial charge in [-0.05, 0) is 20.3 Å². The standard InChI is InChI=1S/C21H28O10/c1-10(22)27-9-13-16-14(28-11(2)23)8-21(5,30-12(3)24)15(25)6-7-20(4)18(31-20)17(16)29-19(13)26/h13-14,16-18H,6-9H2,1-5H3. The number of carbonyl (C=O) groups excluding carboxylic acids is 5. The van der Waals surface area contributed by atoms with Crippen molar-refractivity contribution in [2.45, 2.75) is 83.4 Å². The highest BCUT2D eigenvalue weighted by Gasteiger charge is 2.66. The quantitative estimate of drug-likeness (QED) is 0.352. The van der Waals surface area contributed by atoms with E-state index in [9.17, 15) is 24.0 Å². The van der Waals surface area contributed by atoms with Crippen LogP contribution in [0.4, 0.5) is 0 Å². The van der Waals surface area contributed by atoms with Crippen LogP contribution >= 0.6 is 0 Å². The van der Waals surface area contributed by atoms with Crippen molar-refractivity contribution in [3.63, 3.8) is 0 Å². The van der Waals surface area contributed by atoms with Crippen LogP contribution in [0.2, 0.25) is 0 Å². The first kappa shape index (κ1) is 23.2. The Hall–Kier alpha value is -2.49. The maximum absolute atomic E-state index is 13.0. The molecule has 1 saturated carbocycles. The van der Waals surface area contributed by atoms with Crippen LogP contribution in [0.1, 0.15) is 53.9 Å². The Balaban J connectivity index is 2.04. The molecule has 2 aliphatic heterocycles. The first-order valence-corrected chi connectivity index (χ1v) is 10.3. The predicted molar refractivity (Wildman–Crippen MR) is 101 cm³/mol. The first-order chi connectivity index (χ1) is 14.4. The van der Waals surface area contributed by atoms with Gasteiger partial charge in [-0.15, -0.1) is 0 Å². The SMILES string of the molecule is CC(=O)OCC1C(=O)OC2C1C(OC(C)=O)CC(C)(OC(C)=O)C(=O)CCC1(C)OC21. The lowest BCUT2D eigenvalue weighted by atomic mass is 9.75. The Morgan fingerprint density at radius 2 is 1.74 bits per heavy atom. The number of rotatable bonds is 4. The molecule has 0 aromatic rings. The van der Waals surface area contributed by atoms with E-state index in [4.69, 9.17) is 23.7 Å². The van der Waals surface area contributed by atoms with Gasteiger partial charge in [0.15, 0.2) is 11.4 Å². The highest BCUT2D eigenvalue weighted by molar-refractivity contribution is 5.89. The summed E-state index contributed by atoms with van der Waals surface area (Å²) in [6.07, 6.45) is -2.02. The van der Waals surface area contributed by atoms with Gasteiger partial charge in [0.2, 0.25) is 0 Å². The molecular formula is C21H28O10. The van der Waals surface area contributed by atoms with Gasteiger partial charge in [0.25, 0.3) is 0 Å². The maximum Gasteiger partial charge on any atom is 0.313 e. The van der Waals surface area contributed by atoms with Gasteiger partial charge in [-0.2, -0.15) is 0 Å². The number of carbonyl (C=O) groups is 5. The van der Waals surface area contributed by atoms with Crippen LogP contribution in [0, 0.1) is 11.8 Å². The Labute approximate surface area is 179 Å². The van der Waals surface area contributed by atoms with Crippen LogP contribution < -0.4 is 0 Å². The first-order valence-electron chi connectivity index (χ1n) is 10.3. The fourth-order valence-electron chi connectivity index (χ4n) is 4.69. The Bertz CT molecular complexity index is 806. The molecule has 0 bridgehead atoms. The van der Waals surface area contributed by atoms with Crippen LogP contribution in [0.3, 0.4) is 0 Å². The molecule has 7 unspecified atom stereocenters. The van der Waals surface area contributed by atoms with E-state index < -0.39 is 65.2 Å². The van der Waals surface area contributed by atoms with E-state index in [0.717, 1.165) is 0 Å². The van der Waals surface area contributed by atoms with Gasteiger partial charge in [-0.3, -0.25) is 24.0 Å². The van der Waals surface area contributed by atoms with E-state index in [-0.39, 0.29) is 25.2 Å². The minimum Gasteiger partial charge on any atom is -0.465 e. The molecule has 0 amide bonds. The van der Waals surface area contributed by atoms with Crippen LogP contribution in [0.25, 0.3) is 0 Å². The molecule has 172 valence electrons. The molecule has 3 rings (SSSR count). The second kappa shape index (κ2) is 8.22. The Morgan fingerprint density at radius 1 is 1.06 bits per heavy atom. The lowest BCUT2D eigenvalue weighted by molar-refractivity contribution is -0.174. The van der Waals surface area contributed by atoms with Gasteiger partial charge >= 0.3 is 23.9 Å². The molecule has 2 heterocycles. The average molecular weight is 440 g/mol. The number of hydrogen-bond acceptors (Lipinski definition) is 10. The molecule has 0 aromatic carbocycles. The Kier molecular flexibility index (Phi) is 6.14. The Morgan fingerprint density at radius 3 is 2.32 bits per heavy atom. The zero-order valence-corrected chi connectivity index (χ0v) is 18.3. The minimum absolute atomic E-state index is 0.0752. The number of ether oxygens (including phenoxy) is 5. The topological polar surface area (TPSA) is 135 Å². The van der Waals surface area contributed by atoms with Gasteiger partial charge in [0.1, 0.15) is 30.8 Å². The van der Waals surface area contributed by atoms with Crippen molar-refractivity contribution in [1.82, 2.24) is 0 Å². The third-order valence-corrected chi connectivity index (χ3v) is 6.25. The summed E-state index contributed by atoms with van der Waals surface area (Å²) in [6.45, 7) is 6.61. The molecular weight excluding hydrogens is 412 g/mol. The van der Waals surface area contributed by atoms with Crippen molar-refractivity contribution < 1.29 is 47.7 Å². The highest BCUT2D eigenvalue weighted by Crippen LogP contribution is 2.51. The summed E-state index contributed by atoms with van der Waals surface area (Å²) in [4.78, 5) is 60.8. The number of esters is 4. The molecule has 0 radical (unpaired) electrons. The summed E-state index contributed by atoms with van der Waals surface area (Å²) in [5.74, 6) is -4.50. The van der Waals surface area contributed by atoms with Gasteiger partial charge < -0.3 is 23.7 Å². The van der Waals surface area contributed by atoms with E-state index in [1.54, 1.807) is 6.92 Å². The van der Waals surface area contributed by atoms with E-state index >= 15 is 0 Å². The fourth-order valence-corrected chi connectivity index (χ4v) is 4.69. The molecule has 3 fully saturated rings. The number of epoxide rings is 1. The zero-order valence-electron chi connectivity index (χ0n) is 18.3. The lowest BCUT2D eigenvalue weighted by Crippen LogP contribution is -2.50. The van der Waals surface area contributed by atoms with Crippen molar-refractivity contribution >= 4 is 29.7 Å². The summed E-state index contributed by atoms with van der Waals surface area (Å²) in [6, 6.07) is 0.